The van der Waals surface area contributed by atoms with Gasteiger partial charge in [-0.25, -0.2) is 9.97 Å². The molecule has 3 heterocycles. The summed E-state index contributed by atoms with van der Waals surface area (Å²) in [4.78, 5) is 11.0. The molecule has 102 valence electrons. The first kappa shape index (κ1) is 11.5. The van der Waals surface area contributed by atoms with Crippen LogP contribution >= 0.6 is 0 Å². The molecule has 0 aliphatic heterocycles. The zero-order chi connectivity index (χ0) is 14.2. The van der Waals surface area contributed by atoms with Crippen molar-refractivity contribution in [1.29, 1.82) is 0 Å². The van der Waals surface area contributed by atoms with Gasteiger partial charge < -0.3 is 10.7 Å². The third-order valence-corrected chi connectivity index (χ3v) is 3.06. The minimum absolute atomic E-state index is 0.363. The molecule has 9 nitrogen and oxygen atoms in total. The van der Waals surface area contributed by atoms with E-state index < -0.39 is 0 Å². The Balaban J connectivity index is 1.76. The summed E-state index contributed by atoms with van der Waals surface area (Å²) in [5, 5.41) is 19.5. The van der Waals surface area contributed by atoms with Crippen molar-refractivity contribution in [2.75, 3.05) is 5.73 Å². The summed E-state index contributed by atoms with van der Waals surface area (Å²) in [6, 6.07) is 5.45. The number of hydrogen-bond donors (Lipinski definition) is 3. The lowest BCUT2D eigenvalue weighted by atomic mass is 10.3. The van der Waals surface area contributed by atoms with Gasteiger partial charge >= 0.3 is 0 Å². The van der Waals surface area contributed by atoms with Gasteiger partial charge in [-0.1, -0.05) is 5.21 Å². The second kappa shape index (κ2) is 4.34. The van der Waals surface area contributed by atoms with Gasteiger partial charge in [0.05, 0.1) is 16.6 Å². The Morgan fingerprint density at radius 2 is 2.10 bits per heavy atom. The van der Waals surface area contributed by atoms with Gasteiger partial charge in [0.1, 0.15) is 29.0 Å². The summed E-state index contributed by atoms with van der Waals surface area (Å²) < 4.78 is 0. The van der Waals surface area contributed by atoms with Crippen LogP contribution in [0.1, 0.15) is 0 Å². The van der Waals surface area contributed by atoms with E-state index in [4.69, 9.17) is 5.73 Å². The van der Waals surface area contributed by atoms with Gasteiger partial charge in [0, 0.05) is 6.20 Å². The Hall–Kier alpha value is -3.36. The first-order valence-corrected chi connectivity index (χ1v) is 6.11. The summed E-state index contributed by atoms with van der Waals surface area (Å²) in [6.07, 6.45) is 3.08. The molecule has 4 aromatic rings. The summed E-state index contributed by atoms with van der Waals surface area (Å²) >= 11 is 0. The van der Waals surface area contributed by atoms with Crippen LogP contribution in [-0.4, -0.2) is 30.4 Å². The Morgan fingerprint density at radius 1 is 1.14 bits per heavy atom. The predicted molar refractivity (Wildman–Crippen MR) is 76.4 cm³/mol. The lowest BCUT2D eigenvalue weighted by Gasteiger charge is -1.95. The molecule has 0 amide bonds. The Labute approximate surface area is 117 Å². The van der Waals surface area contributed by atoms with Crippen molar-refractivity contribution < 1.29 is 0 Å². The Kier molecular flexibility index (Phi) is 2.37. The quantitative estimate of drug-likeness (QED) is 0.483. The average molecular weight is 279 g/mol. The molecule has 0 atom stereocenters. The maximum atomic E-state index is 5.84. The molecule has 4 N–H and O–H groups in total. The maximum Gasteiger partial charge on any atom is 0.145 e. The number of hydrogen-bond acceptors (Lipinski definition) is 7. The zero-order valence-electron chi connectivity index (χ0n) is 10.6. The van der Waals surface area contributed by atoms with E-state index in [0.29, 0.717) is 28.2 Å². The van der Waals surface area contributed by atoms with Crippen LogP contribution in [0.25, 0.3) is 22.1 Å². The van der Waals surface area contributed by atoms with Gasteiger partial charge in [0.15, 0.2) is 0 Å². The Morgan fingerprint density at radius 3 is 3.05 bits per heavy atom. The van der Waals surface area contributed by atoms with E-state index in [9.17, 15) is 0 Å². The van der Waals surface area contributed by atoms with Crippen LogP contribution in [0.15, 0.2) is 41.0 Å². The van der Waals surface area contributed by atoms with Crippen molar-refractivity contribution in [1.82, 2.24) is 30.4 Å². The van der Waals surface area contributed by atoms with Gasteiger partial charge in [0.25, 0.3) is 0 Å². The minimum atomic E-state index is 0.363. The van der Waals surface area contributed by atoms with Gasteiger partial charge in [-0.05, 0) is 18.2 Å². The fraction of sp³-hybridized carbons (Fsp3) is 0. The average Bonchev–Trinajstić information content (AvgIpc) is 3.11. The number of aromatic amines is 2. The SMILES string of the molecule is Nc1ncnc2[nH]cc(/N=N/c3ccc4[nH]nnc4c3)c12. The number of rotatable bonds is 2. The first-order valence-electron chi connectivity index (χ1n) is 6.11. The zero-order valence-corrected chi connectivity index (χ0v) is 10.6. The molecule has 0 spiro atoms. The fourth-order valence-corrected chi connectivity index (χ4v) is 2.05. The number of H-pyrrole nitrogens is 2. The normalized spacial score (nSPS) is 11.8. The van der Waals surface area contributed by atoms with Crippen molar-refractivity contribution >= 4 is 39.3 Å². The second-order valence-corrected chi connectivity index (χ2v) is 4.37. The number of nitrogen functional groups attached to an aromatic ring is 1. The third-order valence-electron chi connectivity index (χ3n) is 3.06. The second-order valence-electron chi connectivity index (χ2n) is 4.37. The van der Waals surface area contributed by atoms with Crippen molar-refractivity contribution in [2.24, 2.45) is 10.2 Å². The molecule has 0 aliphatic rings. The number of nitrogens with one attached hydrogen (secondary N) is 2. The van der Waals surface area contributed by atoms with Gasteiger partial charge in [-0.3, -0.25) is 5.10 Å². The van der Waals surface area contributed by atoms with Crippen LogP contribution in [-0.2, 0) is 0 Å². The highest BCUT2D eigenvalue weighted by Crippen LogP contribution is 2.29. The molecule has 0 saturated heterocycles. The van der Waals surface area contributed by atoms with Crippen LogP contribution in [0.5, 0.6) is 0 Å². The standard InChI is InChI=1S/C12H9N9/c13-11-10-9(4-14-12(10)16-5-15-11)18-17-6-1-2-7-8(3-6)20-21-19-7/h1-5H,(H,19,20,21)(H3,13,14,15,16)/b18-17+. The van der Waals surface area contributed by atoms with E-state index in [1.54, 1.807) is 12.3 Å². The molecule has 21 heavy (non-hydrogen) atoms. The van der Waals surface area contributed by atoms with Gasteiger partial charge in [-0.2, -0.15) is 5.11 Å². The number of nitrogens with two attached hydrogens (primary N) is 1. The summed E-state index contributed by atoms with van der Waals surface area (Å²) in [5.74, 6) is 0.363. The highest BCUT2D eigenvalue weighted by atomic mass is 15.3. The third kappa shape index (κ3) is 1.87. The van der Waals surface area contributed by atoms with Crippen LogP contribution in [0.2, 0.25) is 0 Å². The fourth-order valence-electron chi connectivity index (χ4n) is 2.05. The summed E-state index contributed by atoms with van der Waals surface area (Å²) in [5.41, 5.74) is 9.29. The first-order chi connectivity index (χ1) is 10.3. The molecule has 0 fully saturated rings. The van der Waals surface area contributed by atoms with Crippen molar-refractivity contribution in [3.63, 3.8) is 0 Å². The molecule has 4 rings (SSSR count). The van der Waals surface area contributed by atoms with E-state index in [1.165, 1.54) is 6.33 Å². The minimum Gasteiger partial charge on any atom is -0.383 e. The van der Waals surface area contributed by atoms with Crippen LogP contribution in [0.3, 0.4) is 0 Å². The molecule has 0 saturated carbocycles. The topological polar surface area (TPSA) is 134 Å². The number of benzene rings is 1. The molecule has 0 radical (unpaired) electrons. The van der Waals surface area contributed by atoms with Crippen LogP contribution in [0, 0.1) is 0 Å². The molecule has 9 heteroatoms. The molecule has 0 aliphatic carbocycles. The van der Waals surface area contributed by atoms with E-state index in [1.807, 2.05) is 12.1 Å². The van der Waals surface area contributed by atoms with Gasteiger partial charge in [0.2, 0.25) is 0 Å². The lowest BCUT2D eigenvalue weighted by molar-refractivity contribution is 0.959. The number of aromatic nitrogens is 6. The van der Waals surface area contributed by atoms with Crippen LogP contribution < -0.4 is 5.73 Å². The maximum absolute atomic E-state index is 5.84. The number of nitrogens with zero attached hydrogens (tertiary/aromatic N) is 6. The predicted octanol–water partition coefficient (Wildman–Crippen LogP) is 2.23. The molecule has 0 unspecified atom stereocenters. The molecule has 1 aromatic carbocycles. The molecule has 0 bridgehead atoms. The van der Waals surface area contributed by atoms with E-state index in [0.717, 1.165) is 11.0 Å². The largest absolute Gasteiger partial charge is 0.383 e. The lowest BCUT2D eigenvalue weighted by Crippen LogP contribution is -1.91. The molecule has 3 aromatic heterocycles. The van der Waals surface area contributed by atoms with Crippen molar-refractivity contribution in [3.05, 3.63) is 30.7 Å². The van der Waals surface area contributed by atoms with E-state index in [-0.39, 0.29) is 0 Å². The summed E-state index contributed by atoms with van der Waals surface area (Å²) in [7, 11) is 0. The monoisotopic (exact) mass is 279 g/mol. The summed E-state index contributed by atoms with van der Waals surface area (Å²) in [6.45, 7) is 0. The Bertz CT molecular complexity index is 965. The molecular formula is C12H9N9. The number of azo groups is 1. The van der Waals surface area contributed by atoms with Crippen LogP contribution in [0.4, 0.5) is 17.2 Å². The highest BCUT2D eigenvalue weighted by Gasteiger charge is 2.08. The van der Waals surface area contributed by atoms with E-state index in [2.05, 4.69) is 40.6 Å². The smallest absolute Gasteiger partial charge is 0.145 e. The number of anilines is 1. The van der Waals surface area contributed by atoms with Crippen molar-refractivity contribution in [2.45, 2.75) is 0 Å². The number of fused-ring (bicyclic) bond motifs is 2. The highest BCUT2D eigenvalue weighted by molar-refractivity contribution is 5.96. The van der Waals surface area contributed by atoms with E-state index >= 15 is 0 Å². The van der Waals surface area contributed by atoms with Gasteiger partial charge in [-0.15, -0.1) is 10.2 Å². The molecular weight excluding hydrogens is 270 g/mol. The van der Waals surface area contributed by atoms with Crippen molar-refractivity contribution in [3.8, 4) is 0 Å².